The Balaban J connectivity index is 1.82. The van der Waals surface area contributed by atoms with Gasteiger partial charge in [0.05, 0.1) is 10.7 Å². The molecule has 0 unspecified atom stereocenters. The Kier molecular flexibility index (Phi) is 4.20. The third-order valence-corrected chi connectivity index (χ3v) is 4.22. The molecule has 1 aromatic carbocycles. The molecule has 1 amide bonds. The molecule has 4 nitrogen and oxygen atoms in total. The van der Waals surface area contributed by atoms with Crippen molar-refractivity contribution in [1.29, 1.82) is 0 Å². The minimum absolute atomic E-state index is 0.245. The van der Waals surface area contributed by atoms with Crippen molar-refractivity contribution in [1.82, 2.24) is 4.98 Å². The second-order valence-corrected chi connectivity index (χ2v) is 6.23. The van der Waals surface area contributed by atoms with Gasteiger partial charge in [-0.25, -0.2) is 4.98 Å². The molecule has 3 rings (SSSR count). The second-order valence-electron chi connectivity index (χ2n) is 4.53. The molecule has 0 spiro atoms. The van der Waals surface area contributed by atoms with Crippen molar-refractivity contribution in [3.63, 3.8) is 0 Å². The Hall–Kier alpha value is -1.82. The van der Waals surface area contributed by atoms with Gasteiger partial charge in [-0.15, -0.1) is 11.3 Å². The average molecular weight is 353 g/mol. The van der Waals surface area contributed by atoms with Gasteiger partial charge < -0.3 is 4.42 Å². The standard InChI is InChI=1S/C15H10Cl2N2O2S/c1-8-2-5-13(21-8)14(20)19-15-18-12(7-22-15)10-6-9(16)3-4-11(10)17/h2-7H,1H3,(H,18,19,20). The van der Waals surface area contributed by atoms with Crippen molar-refractivity contribution in [2.75, 3.05) is 5.32 Å². The van der Waals surface area contributed by atoms with E-state index >= 15 is 0 Å². The molecule has 0 aliphatic carbocycles. The number of halogens is 2. The number of benzene rings is 1. The Labute approximate surface area is 140 Å². The van der Waals surface area contributed by atoms with Gasteiger partial charge in [0.2, 0.25) is 0 Å². The first-order valence-corrected chi connectivity index (χ1v) is 7.95. The molecule has 2 heterocycles. The van der Waals surface area contributed by atoms with E-state index < -0.39 is 0 Å². The molecule has 22 heavy (non-hydrogen) atoms. The van der Waals surface area contributed by atoms with E-state index in [0.717, 1.165) is 5.56 Å². The first-order chi connectivity index (χ1) is 10.5. The van der Waals surface area contributed by atoms with E-state index in [9.17, 15) is 4.79 Å². The normalized spacial score (nSPS) is 10.7. The highest BCUT2D eigenvalue weighted by Crippen LogP contribution is 2.32. The smallest absolute Gasteiger partial charge is 0.293 e. The van der Waals surface area contributed by atoms with Crippen LogP contribution in [0.4, 0.5) is 5.13 Å². The molecule has 2 aromatic heterocycles. The zero-order chi connectivity index (χ0) is 15.7. The number of nitrogens with one attached hydrogen (secondary N) is 1. The summed E-state index contributed by atoms with van der Waals surface area (Å²) < 4.78 is 5.27. The molecule has 7 heteroatoms. The van der Waals surface area contributed by atoms with Crippen LogP contribution >= 0.6 is 34.5 Å². The van der Waals surface area contributed by atoms with Crippen molar-refractivity contribution in [2.45, 2.75) is 6.92 Å². The van der Waals surface area contributed by atoms with Crippen LogP contribution in [0.15, 0.2) is 40.1 Å². The number of furan rings is 1. The number of amides is 1. The van der Waals surface area contributed by atoms with Crippen molar-refractivity contribution in [2.24, 2.45) is 0 Å². The highest BCUT2D eigenvalue weighted by atomic mass is 35.5. The average Bonchev–Trinajstić information content (AvgIpc) is 3.11. The van der Waals surface area contributed by atoms with E-state index in [1.807, 2.05) is 0 Å². The Morgan fingerprint density at radius 3 is 2.82 bits per heavy atom. The van der Waals surface area contributed by atoms with Crippen LogP contribution in [0.5, 0.6) is 0 Å². The van der Waals surface area contributed by atoms with Crippen LogP contribution in [0.2, 0.25) is 10.0 Å². The van der Waals surface area contributed by atoms with Gasteiger partial charge in [0.15, 0.2) is 10.9 Å². The molecule has 3 aromatic rings. The molecular formula is C15H10Cl2N2O2S. The predicted molar refractivity (Wildman–Crippen MR) is 89.0 cm³/mol. The summed E-state index contributed by atoms with van der Waals surface area (Å²) in [6.07, 6.45) is 0. The number of aryl methyl sites for hydroxylation is 1. The van der Waals surface area contributed by atoms with Gasteiger partial charge >= 0.3 is 0 Å². The SMILES string of the molecule is Cc1ccc(C(=O)Nc2nc(-c3cc(Cl)ccc3Cl)cs2)o1. The fourth-order valence-electron chi connectivity index (χ4n) is 1.86. The molecule has 0 atom stereocenters. The second kappa shape index (κ2) is 6.12. The lowest BCUT2D eigenvalue weighted by molar-refractivity contribution is 0.0995. The third kappa shape index (κ3) is 3.16. The van der Waals surface area contributed by atoms with E-state index in [4.69, 9.17) is 27.6 Å². The molecule has 0 aliphatic rings. The lowest BCUT2D eigenvalue weighted by Gasteiger charge is -2.01. The quantitative estimate of drug-likeness (QED) is 0.698. The Morgan fingerprint density at radius 2 is 2.09 bits per heavy atom. The van der Waals surface area contributed by atoms with Crippen molar-refractivity contribution >= 4 is 45.6 Å². The summed E-state index contributed by atoms with van der Waals surface area (Å²) in [5, 5.41) is 6.09. The summed E-state index contributed by atoms with van der Waals surface area (Å²) in [5.41, 5.74) is 1.38. The number of rotatable bonds is 3. The van der Waals surface area contributed by atoms with Gasteiger partial charge in [-0.2, -0.15) is 0 Å². The van der Waals surface area contributed by atoms with E-state index in [2.05, 4.69) is 10.3 Å². The van der Waals surface area contributed by atoms with Gasteiger partial charge in [0.1, 0.15) is 5.76 Å². The summed E-state index contributed by atoms with van der Waals surface area (Å²) in [6, 6.07) is 8.51. The van der Waals surface area contributed by atoms with Crippen molar-refractivity contribution < 1.29 is 9.21 Å². The summed E-state index contributed by atoms with van der Waals surface area (Å²) >= 11 is 13.4. The van der Waals surface area contributed by atoms with Crippen LogP contribution in [-0.2, 0) is 0 Å². The van der Waals surface area contributed by atoms with Crippen LogP contribution < -0.4 is 5.32 Å². The lowest BCUT2D eigenvalue weighted by atomic mass is 10.2. The number of carbonyl (C=O) groups excluding carboxylic acids is 1. The maximum absolute atomic E-state index is 12.0. The molecule has 112 valence electrons. The molecule has 0 aliphatic heterocycles. The minimum Gasteiger partial charge on any atom is -0.456 e. The predicted octanol–water partition coefficient (Wildman–Crippen LogP) is 5.27. The molecular weight excluding hydrogens is 343 g/mol. The van der Waals surface area contributed by atoms with Gasteiger partial charge in [0, 0.05) is 16.0 Å². The van der Waals surface area contributed by atoms with Gasteiger partial charge in [-0.1, -0.05) is 23.2 Å². The van der Waals surface area contributed by atoms with Gasteiger partial charge in [0.25, 0.3) is 5.91 Å². The summed E-state index contributed by atoms with van der Waals surface area (Å²) in [4.78, 5) is 16.4. The van der Waals surface area contributed by atoms with Crippen LogP contribution in [-0.4, -0.2) is 10.9 Å². The summed E-state index contributed by atoms with van der Waals surface area (Å²) in [6.45, 7) is 1.78. The van der Waals surface area contributed by atoms with Crippen molar-refractivity contribution in [3.8, 4) is 11.3 Å². The minimum atomic E-state index is -0.341. The van der Waals surface area contributed by atoms with Crippen LogP contribution in [0.25, 0.3) is 11.3 Å². The molecule has 0 saturated carbocycles. The first kappa shape index (κ1) is 15.1. The third-order valence-electron chi connectivity index (χ3n) is 2.89. The molecule has 0 radical (unpaired) electrons. The van der Waals surface area contributed by atoms with Crippen molar-refractivity contribution in [3.05, 3.63) is 57.3 Å². The van der Waals surface area contributed by atoms with Gasteiger partial charge in [-0.3, -0.25) is 10.1 Å². The molecule has 0 bridgehead atoms. The van der Waals surface area contributed by atoms with E-state index in [1.54, 1.807) is 42.6 Å². The van der Waals surface area contributed by atoms with E-state index in [1.165, 1.54) is 11.3 Å². The monoisotopic (exact) mass is 352 g/mol. The fraction of sp³-hybridized carbons (Fsp3) is 0.0667. The summed E-state index contributed by atoms with van der Waals surface area (Å²) in [7, 11) is 0. The Morgan fingerprint density at radius 1 is 1.27 bits per heavy atom. The zero-order valence-electron chi connectivity index (χ0n) is 11.4. The van der Waals surface area contributed by atoms with Crippen LogP contribution in [0.3, 0.4) is 0 Å². The first-order valence-electron chi connectivity index (χ1n) is 6.31. The number of thiazole rings is 1. The molecule has 0 fully saturated rings. The number of nitrogens with zero attached hydrogens (tertiary/aromatic N) is 1. The number of hydrogen-bond donors (Lipinski definition) is 1. The number of hydrogen-bond acceptors (Lipinski definition) is 4. The highest BCUT2D eigenvalue weighted by Gasteiger charge is 2.14. The Bertz CT molecular complexity index is 842. The van der Waals surface area contributed by atoms with Crippen LogP contribution in [0, 0.1) is 6.92 Å². The highest BCUT2D eigenvalue weighted by molar-refractivity contribution is 7.14. The van der Waals surface area contributed by atoms with E-state index in [0.29, 0.717) is 26.6 Å². The van der Waals surface area contributed by atoms with Gasteiger partial charge in [-0.05, 0) is 37.3 Å². The topological polar surface area (TPSA) is 55.1 Å². The zero-order valence-corrected chi connectivity index (χ0v) is 13.7. The fourth-order valence-corrected chi connectivity index (χ4v) is 2.96. The summed E-state index contributed by atoms with van der Waals surface area (Å²) in [5.74, 6) is 0.580. The number of carbonyl (C=O) groups is 1. The number of anilines is 1. The van der Waals surface area contributed by atoms with Crippen LogP contribution in [0.1, 0.15) is 16.3 Å². The maximum Gasteiger partial charge on any atom is 0.293 e. The van der Waals surface area contributed by atoms with E-state index in [-0.39, 0.29) is 11.7 Å². The number of aromatic nitrogens is 1. The molecule has 1 N–H and O–H groups in total. The maximum atomic E-state index is 12.0. The lowest BCUT2D eigenvalue weighted by Crippen LogP contribution is -2.10. The molecule has 0 saturated heterocycles. The largest absolute Gasteiger partial charge is 0.456 e.